The maximum atomic E-state index is 5.99. The van der Waals surface area contributed by atoms with Crippen LogP contribution in [0.4, 0.5) is 0 Å². The fourth-order valence-electron chi connectivity index (χ4n) is 4.13. The molecule has 5 aromatic rings. The molecule has 1 aliphatic rings. The molecule has 10 heteroatoms. The van der Waals surface area contributed by atoms with Crippen molar-refractivity contribution in [1.82, 2.24) is 34.5 Å². The fraction of sp³-hybridized carbons (Fsp3) is 0.240. The van der Waals surface area contributed by atoms with Crippen molar-refractivity contribution in [3.63, 3.8) is 0 Å². The van der Waals surface area contributed by atoms with Crippen molar-refractivity contribution in [2.75, 3.05) is 7.11 Å². The Labute approximate surface area is 201 Å². The predicted molar refractivity (Wildman–Crippen MR) is 126 cm³/mol. The number of benzene rings is 2. The molecule has 0 saturated heterocycles. The van der Waals surface area contributed by atoms with E-state index in [4.69, 9.17) is 14.0 Å². The van der Waals surface area contributed by atoms with E-state index in [0.29, 0.717) is 35.6 Å². The molecule has 0 atom stereocenters. The van der Waals surface area contributed by atoms with Crippen LogP contribution in [0.2, 0.25) is 0 Å². The van der Waals surface area contributed by atoms with Crippen molar-refractivity contribution in [2.24, 2.45) is 0 Å². The van der Waals surface area contributed by atoms with Gasteiger partial charge in [0, 0.05) is 11.5 Å². The SMILES string of the molecule is COc1ccc2c(c1)-c1nnc(COc3ccccc3)n1Cc1c(-c3nc(C(C)C)no3)ncn1-2. The summed E-state index contributed by atoms with van der Waals surface area (Å²) in [6.07, 6.45) is 1.77. The number of methoxy groups -OCH3 is 1. The van der Waals surface area contributed by atoms with Crippen LogP contribution in [0, 0.1) is 0 Å². The first-order valence-corrected chi connectivity index (χ1v) is 11.3. The van der Waals surface area contributed by atoms with E-state index in [9.17, 15) is 0 Å². The van der Waals surface area contributed by atoms with Crippen LogP contribution < -0.4 is 9.47 Å². The van der Waals surface area contributed by atoms with E-state index in [2.05, 4.69) is 25.3 Å². The lowest BCUT2D eigenvalue weighted by molar-refractivity contribution is 0.290. The molecular weight excluding hydrogens is 446 g/mol. The fourth-order valence-corrected chi connectivity index (χ4v) is 4.13. The Morgan fingerprint density at radius 2 is 1.91 bits per heavy atom. The zero-order valence-electron chi connectivity index (χ0n) is 19.5. The summed E-state index contributed by atoms with van der Waals surface area (Å²) in [4.78, 5) is 9.23. The molecule has 35 heavy (non-hydrogen) atoms. The summed E-state index contributed by atoms with van der Waals surface area (Å²) in [6, 6.07) is 15.5. The van der Waals surface area contributed by atoms with Gasteiger partial charge < -0.3 is 18.6 Å². The van der Waals surface area contributed by atoms with Gasteiger partial charge in [0.15, 0.2) is 23.2 Å². The number of fused-ring (bicyclic) bond motifs is 5. The zero-order chi connectivity index (χ0) is 23.9. The van der Waals surface area contributed by atoms with Gasteiger partial charge in [-0.3, -0.25) is 4.57 Å². The van der Waals surface area contributed by atoms with Crippen LogP contribution in [-0.2, 0) is 13.2 Å². The highest BCUT2D eigenvalue weighted by Crippen LogP contribution is 2.36. The summed E-state index contributed by atoms with van der Waals surface area (Å²) in [5.74, 6) is 4.06. The van der Waals surface area contributed by atoms with Gasteiger partial charge in [-0.1, -0.05) is 37.2 Å². The first-order valence-electron chi connectivity index (χ1n) is 11.3. The highest BCUT2D eigenvalue weighted by molar-refractivity contribution is 5.72. The molecule has 6 rings (SSSR count). The smallest absolute Gasteiger partial charge is 0.278 e. The van der Waals surface area contributed by atoms with Gasteiger partial charge in [-0.25, -0.2) is 4.98 Å². The first kappa shape index (κ1) is 21.1. The van der Waals surface area contributed by atoms with E-state index in [-0.39, 0.29) is 12.5 Å². The average Bonchev–Trinajstić information content (AvgIpc) is 3.61. The van der Waals surface area contributed by atoms with Gasteiger partial charge in [-0.2, -0.15) is 4.98 Å². The van der Waals surface area contributed by atoms with E-state index in [1.165, 1.54) is 0 Å². The number of nitrogens with zero attached hydrogens (tertiary/aromatic N) is 7. The number of para-hydroxylation sites is 1. The van der Waals surface area contributed by atoms with Crippen molar-refractivity contribution < 1.29 is 14.0 Å². The minimum absolute atomic E-state index is 0.146. The molecule has 1 aliphatic heterocycles. The molecule has 176 valence electrons. The zero-order valence-corrected chi connectivity index (χ0v) is 19.5. The minimum Gasteiger partial charge on any atom is -0.497 e. The van der Waals surface area contributed by atoms with Gasteiger partial charge in [-0.15, -0.1) is 10.2 Å². The first-order chi connectivity index (χ1) is 17.1. The average molecular weight is 470 g/mol. The van der Waals surface area contributed by atoms with E-state index in [1.807, 2.05) is 71.5 Å². The Bertz CT molecular complexity index is 1500. The summed E-state index contributed by atoms with van der Waals surface area (Å²) in [6.45, 7) is 4.75. The number of aromatic nitrogens is 7. The topological polar surface area (TPSA) is 106 Å². The second-order valence-corrected chi connectivity index (χ2v) is 8.53. The maximum Gasteiger partial charge on any atom is 0.278 e. The van der Waals surface area contributed by atoms with E-state index < -0.39 is 0 Å². The molecule has 0 aliphatic carbocycles. The van der Waals surface area contributed by atoms with Crippen LogP contribution in [0.15, 0.2) is 59.4 Å². The number of hydrogen-bond acceptors (Lipinski definition) is 8. The maximum absolute atomic E-state index is 5.99. The van der Waals surface area contributed by atoms with Crippen LogP contribution in [0.1, 0.15) is 37.1 Å². The Balaban J connectivity index is 1.48. The molecule has 0 unspecified atom stereocenters. The standard InChI is InChI=1S/C25H23N7O3/c1-15(2)23-27-25(35-30-23)22-20-12-31-21(13-34-16-7-5-4-6-8-16)28-29-24(31)18-11-17(33-3)9-10-19(18)32(20)14-26-22/h4-11,14-15H,12-13H2,1-3H3. The molecule has 0 fully saturated rings. The van der Waals surface area contributed by atoms with E-state index >= 15 is 0 Å². The Morgan fingerprint density at radius 3 is 2.69 bits per heavy atom. The van der Waals surface area contributed by atoms with Crippen LogP contribution in [0.5, 0.6) is 11.5 Å². The van der Waals surface area contributed by atoms with Gasteiger partial charge in [0.1, 0.15) is 24.4 Å². The number of hydrogen-bond donors (Lipinski definition) is 0. The Hall–Kier alpha value is -4.47. The summed E-state index contributed by atoms with van der Waals surface area (Å²) in [7, 11) is 1.64. The molecule has 4 heterocycles. The van der Waals surface area contributed by atoms with Gasteiger partial charge in [0.05, 0.1) is 25.0 Å². The molecule has 3 aromatic heterocycles. The molecule has 0 N–H and O–H groups in total. The molecule has 0 saturated carbocycles. The number of rotatable bonds is 6. The molecule has 0 spiro atoms. The second kappa shape index (κ2) is 8.39. The quantitative estimate of drug-likeness (QED) is 0.356. The van der Waals surface area contributed by atoms with Crippen molar-refractivity contribution in [3.8, 4) is 40.2 Å². The lowest BCUT2D eigenvalue weighted by atomic mass is 10.1. The van der Waals surface area contributed by atoms with Crippen LogP contribution in [0.3, 0.4) is 0 Å². The predicted octanol–water partition coefficient (Wildman–Crippen LogP) is 4.25. The molecule has 0 bridgehead atoms. The summed E-state index contributed by atoms with van der Waals surface area (Å²) in [5.41, 5.74) is 3.29. The van der Waals surface area contributed by atoms with Gasteiger partial charge >= 0.3 is 0 Å². The van der Waals surface area contributed by atoms with E-state index in [1.54, 1.807) is 13.4 Å². The third-order valence-electron chi connectivity index (χ3n) is 5.98. The number of ether oxygens (including phenoxy) is 2. The van der Waals surface area contributed by atoms with Crippen molar-refractivity contribution in [1.29, 1.82) is 0 Å². The summed E-state index contributed by atoms with van der Waals surface area (Å²) < 4.78 is 21.1. The van der Waals surface area contributed by atoms with Crippen molar-refractivity contribution in [2.45, 2.75) is 32.9 Å². The third-order valence-corrected chi connectivity index (χ3v) is 5.98. The Morgan fingerprint density at radius 1 is 1.06 bits per heavy atom. The monoisotopic (exact) mass is 469 g/mol. The summed E-state index contributed by atoms with van der Waals surface area (Å²) >= 11 is 0. The van der Waals surface area contributed by atoms with E-state index in [0.717, 1.165) is 28.4 Å². The Kier molecular flexibility index (Phi) is 5.05. The lowest BCUT2D eigenvalue weighted by Crippen LogP contribution is -2.10. The van der Waals surface area contributed by atoms with Gasteiger partial charge in [0.25, 0.3) is 5.89 Å². The minimum atomic E-state index is 0.146. The number of imidazole rings is 1. The molecule has 2 aromatic carbocycles. The highest BCUT2D eigenvalue weighted by Gasteiger charge is 2.29. The van der Waals surface area contributed by atoms with Crippen molar-refractivity contribution >= 4 is 0 Å². The highest BCUT2D eigenvalue weighted by atomic mass is 16.5. The van der Waals surface area contributed by atoms with Crippen LogP contribution in [-0.4, -0.2) is 41.6 Å². The van der Waals surface area contributed by atoms with Crippen LogP contribution >= 0.6 is 0 Å². The van der Waals surface area contributed by atoms with Crippen molar-refractivity contribution in [3.05, 3.63) is 72.2 Å². The third kappa shape index (κ3) is 3.63. The molecular formula is C25H23N7O3. The van der Waals surface area contributed by atoms with Crippen LogP contribution in [0.25, 0.3) is 28.7 Å². The largest absolute Gasteiger partial charge is 0.497 e. The van der Waals surface area contributed by atoms with Gasteiger partial charge in [0.2, 0.25) is 0 Å². The van der Waals surface area contributed by atoms with Gasteiger partial charge in [-0.05, 0) is 30.3 Å². The molecule has 0 radical (unpaired) electrons. The lowest BCUT2D eigenvalue weighted by Gasteiger charge is -2.10. The summed E-state index contributed by atoms with van der Waals surface area (Å²) in [5, 5.41) is 13.1. The molecule has 0 amide bonds. The normalized spacial score (nSPS) is 12.1. The second-order valence-electron chi connectivity index (χ2n) is 8.53. The molecule has 10 nitrogen and oxygen atoms in total.